The molecule has 0 spiro atoms. The van der Waals surface area contributed by atoms with Crippen molar-refractivity contribution in [2.75, 3.05) is 13.2 Å². The minimum absolute atomic E-state index is 0.0803. The first-order valence-electron chi connectivity index (χ1n) is 8.76. The number of fused-ring (bicyclic) bond motifs is 1. The third-order valence-corrected chi connectivity index (χ3v) is 4.83. The van der Waals surface area contributed by atoms with Gasteiger partial charge in [-0.15, -0.1) is 0 Å². The third kappa shape index (κ3) is 5.04. The summed E-state index contributed by atoms with van der Waals surface area (Å²) in [5.41, 5.74) is 0.617. The second kappa shape index (κ2) is 9.27. The van der Waals surface area contributed by atoms with Crippen LogP contribution in [0.4, 0.5) is 4.39 Å². The van der Waals surface area contributed by atoms with E-state index in [2.05, 4.69) is 4.99 Å². The average Bonchev–Trinajstić information content (AvgIpc) is 2.98. The van der Waals surface area contributed by atoms with Crippen LogP contribution in [0.25, 0.3) is 10.2 Å². The van der Waals surface area contributed by atoms with E-state index in [-0.39, 0.29) is 32.1 Å². The zero-order valence-electron chi connectivity index (χ0n) is 15.3. The molecule has 6 nitrogen and oxygen atoms in total. The van der Waals surface area contributed by atoms with Gasteiger partial charge in [0.05, 0.1) is 29.9 Å². The first-order valence-corrected chi connectivity index (χ1v) is 9.58. The van der Waals surface area contributed by atoms with Gasteiger partial charge in [0.1, 0.15) is 18.1 Å². The second-order valence-corrected chi connectivity index (χ2v) is 6.81. The summed E-state index contributed by atoms with van der Waals surface area (Å²) < 4.78 is 26.2. The Morgan fingerprint density at radius 1 is 1.18 bits per heavy atom. The molecule has 2 aromatic carbocycles. The molecule has 0 N–H and O–H groups in total. The highest BCUT2D eigenvalue weighted by molar-refractivity contribution is 7.16. The molecule has 0 saturated heterocycles. The molecule has 0 unspecified atom stereocenters. The Labute approximate surface area is 164 Å². The van der Waals surface area contributed by atoms with Crippen LogP contribution in [-0.4, -0.2) is 29.7 Å². The van der Waals surface area contributed by atoms with Gasteiger partial charge in [-0.25, -0.2) is 4.39 Å². The Hall–Kier alpha value is -3.00. The van der Waals surface area contributed by atoms with Gasteiger partial charge in [0.25, 0.3) is 5.91 Å². The number of carbonyl (C=O) groups is 2. The number of carbonyl (C=O) groups excluding carboxylic acids is 2. The van der Waals surface area contributed by atoms with Crippen LogP contribution >= 0.6 is 11.3 Å². The van der Waals surface area contributed by atoms with E-state index in [0.29, 0.717) is 20.8 Å². The van der Waals surface area contributed by atoms with E-state index in [9.17, 15) is 14.0 Å². The van der Waals surface area contributed by atoms with Crippen LogP contribution in [0.3, 0.4) is 0 Å². The number of benzene rings is 2. The van der Waals surface area contributed by atoms with E-state index < -0.39 is 11.8 Å². The van der Waals surface area contributed by atoms with Crippen LogP contribution in [0.1, 0.15) is 13.3 Å². The second-order valence-electron chi connectivity index (χ2n) is 5.80. The summed E-state index contributed by atoms with van der Waals surface area (Å²) in [7, 11) is 0. The van der Waals surface area contributed by atoms with Crippen molar-refractivity contribution in [2.45, 2.75) is 19.9 Å². The number of aromatic nitrogens is 1. The van der Waals surface area contributed by atoms with Gasteiger partial charge in [0.15, 0.2) is 4.80 Å². The van der Waals surface area contributed by atoms with Gasteiger partial charge < -0.3 is 14.0 Å². The number of esters is 1. The van der Waals surface area contributed by atoms with Crippen LogP contribution in [0, 0.1) is 5.82 Å². The lowest BCUT2D eigenvalue weighted by Gasteiger charge is -2.05. The maximum atomic E-state index is 13.5. The maximum absolute atomic E-state index is 13.5. The van der Waals surface area contributed by atoms with E-state index >= 15 is 0 Å². The SMILES string of the molecule is CCOC(=O)Cn1c(=NC(=O)CCOc2ccccc2)sc2cc(F)ccc21. The molecule has 1 amide bonds. The molecule has 0 radical (unpaired) electrons. The molecule has 3 aromatic rings. The Balaban J connectivity index is 1.81. The van der Waals surface area contributed by atoms with Crippen molar-refractivity contribution in [1.29, 1.82) is 0 Å². The number of hydrogen-bond donors (Lipinski definition) is 0. The van der Waals surface area contributed by atoms with E-state index in [1.807, 2.05) is 18.2 Å². The van der Waals surface area contributed by atoms with Crippen LogP contribution < -0.4 is 9.54 Å². The van der Waals surface area contributed by atoms with E-state index in [0.717, 1.165) is 11.3 Å². The summed E-state index contributed by atoms with van der Waals surface area (Å²) in [6.07, 6.45) is 0.0803. The highest BCUT2D eigenvalue weighted by Gasteiger charge is 2.13. The number of thiazole rings is 1. The maximum Gasteiger partial charge on any atom is 0.326 e. The molecule has 28 heavy (non-hydrogen) atoms. The van der Waals surface area contributed by atoms with Gasteiger partial charge in [-0.05, 0) is 37.3 Å². The lowest BCUT2D eigenvalue weighted by molar-refractivity contribution is -0.143. The largest absolute Gasteiger partial charge is 0.493 e. The predicted molar refractivity (Wildman–Crippen MR) is 104 cm³/mol. The molecular weight excluding hydrogens is 383 g/mol. The van der Waals surface area contributed by atoms with Crippen molar-refractivity contribution in [3.8, 4) is 5.75 Å². The number of para-hydroxylation sites is 1. The molecule has 3 rings (SSSR count). The Kier molecular flexibility index (Phi) is 6.54. The standard InChI is InChI=1S/C20H19FN2O4S/c1-2-26-19(25)13-23-16-9-8-14(21)12-17(16)28-20(23)22-18(24)10-11-27-15-6-4-3-5-7-15/h3-9,12H,2,10-11,13H2,1H3. The van der Waals surface area contributed by atoms with E-state index in [1.54, 1.807) is 29.7 Å². The molecular formula is C20H19FN2O4S. The first-order chi connectivity index (χ1) is 13.6. The normalized spacial score (nSPS) is 11.6. The van der Waals surface area contributed by atoms with Crippen LogP contribution in [0.15, 0.2) is 53.5 Å². The van der Waals surface area contributed by atoms with Crippen LogP contribution in [-0.2, 0) is 20.9 Å². The summed E-state index contributed by atoms with van der Waals surface area (Å²) in [6, 6.07) is 13.4. The third-order valence-electron chi connectivity index (χ3n) is 3.79. The molecule has 0 bridgehead atoms. The number of hydrogen-bond acceptors (Lipinski definition) is 5. The highest BCUT2D eigenvalue weighted by atomic mass is 32.1. The van der Waals surface area contributed by atoms with Gasteiger partial charge in [-0.3, -0.25) is 9.59 Å². The topological polar surface area (TPSA) is 69.9 Å². The monoisotopic (exact) mass is 402 g/mol. The molecule has 0 aliphatic rings. The predicted octanol–water partition coefficient (Wildman–Crippen LogP) is 3.30. The van der Waals surface area contributed by atoms with Crippen molar-refractivity contribution in [2.24, 2.45) is 4.99 Å². The average molecular weight is 402 g/mol. The Morgan fingerprint density at radius 3 is 2.71 bits per heavy atom. The number of ether oxygens (including phenoxy) is 2. The summed E-state index contributed by atoms with van der Waals surface area (Å²) in [6.45, 7) is 2.04. The molecule has 146 valence electrons. The quantitative estimate of drug-likeness (QED) is 0.569. The van der Waals surface area contributed by atoms with Crippen molar-refractivity contribution in [1.82, 2.24) is 4.57 Å². The summed E-state index contributed by atoms with van der Waals surface area (Å²) in [5.74, 6) is -0.565. The van der Waals surface area contributed by atoms with E-state index in [4.69, 9.17) is 9.47 Å². The molecule has 8 heteroatoms. The summed E-state index contributed by atoms with van der Waals surface area (Å²) >= 11 is 1.14. The lowest BCUT2D eigenvalue weighted by atomic mass is 10.3. The lowest BCUT2D eigenvalue weighted by Crippen LogP contribution is -2.23. The molecule has 0 aliphatic heterocycles. The molecule has 0 fully saturated rings. The smallest absolute Gasteiger partial charge is 0.326 e. The van der Waals surface area contributed by atoms with Gasteiger partial charge in [0, 0.05) is 0 Å². The number of rotatable bonds is 7. The fourth-order valence-corrected chi connectivity index (χ4v) is 3.63. The van der Waals surface area contributed by atoms with Crippen molar-refractivity contribution >= 4 is 33.4 Å². The highest BCUT2D eigenvalue weighted by Crippen LogP contribution is 2.19. The number of halogens is 1. The van der Waals surface area contributed by atoms with Gasteiger partial charge in [-0.1, -0.05) is 29.5 Å². The summed E-state index contributed by atoms with van der Waals surface area (Å²) in [4.78, 5) is 28.6. The number of nitrogens with zero attached hydrogens (tertiary/aromatic N) is 2. The van der Waals surface area contributed by atoms with Crippen molar-refractivity contribution in [3.63, 3.8) is 0 Å². The van der Waals surface area contributed by atoms with Crippen LogP contribution in [0.5, 0.6) is 5.75 Å². The minimum atomic E-state index is -0.451. The molecule has 0 aliphatic carbocycles. The van der Waals surface area contributed by atoms with Crippen molar-refractivity contribution in [3.05, 3.63) is 59.1 Å². The summed E-state index contributed by atoms with van der Waals surface area (Å²) in [5, 5.41) is 0. The fraction of sp³-hybridized carbons (Fsp3) is 0.250. The van der Waals surface area contributed by atoms with Gasteiger partial charge in [-0.2, -0.15) is 4.99 Å². The molecule has 0 atom stereocenters. The van der Waals surface area contributed by atoms with Gasteiger partial charge in [0.2, 0.25) is 0 Å². The van der Waals surface area contributed by atoms with Crippen LogP contribution in [0.2, 0.25) is 0 Å². The fourth-order valence-electron chi connectivity index (χ4n) is 2.56. The minimum Gasteiger partial charge on any atom is -0.493 e. The Bertz CT molecular complexity index is 1040. The zero-order chi connectivity index (χ0) is 19.9. The van der Waals surface area contributed by atoms with E-state index in [1.165, 1.54) is 12.1 Å². The number of amides is 1. The van der Waals surface area contributed by atoms with Crippen molar-refractivity contribution < 1.29 is 23.5 Å². The Morgan fingerprint density at radius 2 is 1.96 bits per heavy atom. The molecule has 1 aromatic heterocycles. The van der Waals surface area contributed by atoms with Gasteiger partial charge >= 0.3 is 5.97 Å². The zero-order valence-corrected chi connectivity index (χ0v) is 16.1. The molecule has 0 saturated carbocycles. The first kappa shape index (κ1) is 19.8. The molecule has 1 heterocycles.